The van der Waals surface area contributed by atoms with Gasteiger partial charge in [0.25, 0.3) is 0 Å². The van der Waals surface area contributed by atoms with Gasteiger partial charge in [-0.25, -0.2) is 32.3 Å². The first-order valence-corrected chi connectivity index (χ1v) is 15.1. The number of carboxylic acids is 1. The lowest BCUT2D eigenvalue weighted by Crippen LogP contribution is -2.50. The fraction of sp³-hybridized carbons (Fsp3) is 0.577. The topological polar surface area (TPSA) is 119 Å². The first-order valence-electron chi connectivity index (χ1n) is 13.2. The number of fused-ring (bicyclic) bond motifs is 1. The van der Waals surface area contributed by atoms with E-state index in [2.05, 4.69) is 24.5 Å². The van der Waals surface area contributed by atoms with Gasteiger partial charge in [0.1, 0.15) is 17.8 Å². The SMILES string of the molecule is CS(=O)(=O)NC1CCC(CN2CCC(N3CCN(c4ccc(F)cc4C(=O)O)c4cncnc43)CC2)CC1. The molecule has 0 atom stereocenters. The van der Waals surface area contributed by atoms with Gasteiger partial charge in [-0.1, -0.05) is 0 Å². The van der Waals surface area contributed by atoms with E-state index in [-0.39, 0.29) is 11.6 Å². The number of nitrogens with one attached hydrogen (secondary N) is 1. The number of likely N-dealkylation sites (tertiary alicyclic amines) is 1. The molecule has 3 aliphatic rings. The van der Waals surface area contributed by atoms with Gasteiger partial charge < -0.3 is 19.8 Å². The van der Waals surface area contributed by atoms with Crippen LogP contribution in [0.15, 0.2) is 30.7 Å². The second kappa shape index (κ2) is 11.1. The van der Waals surface area contributed by atoms with Gasteiger partial charge in [-0.2, -0.15) is 0 Å². The summed E-state index contributed by atoms with van der Waals surface area (Å²) >= 11 is 0. The van der Waals surface area contributed by atoms with Crippen LogP contribution in [0, 0.1) is 11.7 Å². The van der Waals surface area contributed by atoms with E-state index in [0.717, 1.165) is 75.7 Å². The van der Waals surface area contributed by atoms with Gasteiger partial charge in [0.2, 0.25) is 10.0 Å². The minimum atomic E-state index is -3.15. The Morgan fingerprint density at radius 1 is 1.08 bits per heavy atom. The Hall–Kier alpha value is -2.83. The zero-order valence-corrected chi connectivity index (χ0v) is 22.4. The van der Waals surface area contributed by atoms with Crippen molar-refractivity contribution in [2.24, 2.45) is 5.92 Å². The number of piperidine rings is 1. The molecule has 0 spiro atoms. The van der Waals surface area contributed by atoms with Crippen molar-refractivity contribution in [3.05, 3.63) is 42.1 Å². The zero-order chi connectivity index (χ0) is 26.9. The van der Waals surface area contributed by atoms with Crippen LogP contribution >= 0.6 is 0 Å². The van der Waals surface area contributed by atoms with Crippen LogP contribution in [0.5, 0.6) is 0 Å². The van der Waals surface area contributed by atoms with Gasteiger partial charge in [-0.05, 0) is 62.6 Å². The molecular formula is C26H35FN6O4S. The summed E-state index contributed by atoms with van der Waals surface area (Å²) < 4.78 is 39.6. The van der Waals surface area contributed by atoms with Crippen molar-refractivity contribution < 1.29 is 22.7 Å². The van der Waals surface area contributed by atoms with Crippen molar-refractivity contribution in [1.29, 1.82) is 0 Å². The number of nitrogens with zero attached hydrogens (tertiary/aromatic N) is 5. The third-order valence-corrected chi connectivity index (χ3v) is 8.78. The molecule has 1 aromatic carbocycles. The summed E-state index contributed by atoms with van der Waals surface area (Å²) in [5.74, 6) is -0.380. The highest BCUT2D eigenvalue weighted by Gasteiger charge is 2.34. The number of aromatic nitrogens is 2. The second-order valence-electron chi connectivity index (χ2n) is 10.7. The lowest BCUT2D eigenvalue weighted by Gasteiger charge is -2.45. The summed E-state index contributed by atoms with van der Waals surface area (Å²) in [4.78, 5) is 27.3. The monoisotopic (exact) mass is 546 g/mol. The number of benzene rings is 1. The third kappa shape index (κ3) is 6.08. The van der Waals surface area contributed by atoms with Crippen molar-refractivity contribution in [2.75, 3.05) is 48.8 Å². The molecule has 3 heterocycles. The van der Waals surface area contributed by atoms with Crippen LogP contribution in [0.25, 0.3) is 0 Å². The van der Waals surface area contributed by atoms with E-state index in [0.29, 0.717) is 30.7 Å². The van der Waals surface area contributed by atoms with Gasteiger partial charge in [0.05, 0.1) is 23.7 Å². The van der Waals surface area contributed by atoms with Crippen LogP contribution in [0.3, 0.4) is 0 Å². The Labute approximate surface area is 222 Å². The highest BCUT2D eigenvalue weighted by Crippen LogP contribution is 2.39. The summed E-state index contributed by atoms with van der Waals surface area (Å²) in [7, 11) is -3.15. The van der Waals surface area contributed by atoms with E-state index < -0.39 is 21.8 Å². The number of halogens is 1. The molecule has 1 aliphatic carbocycles. The van der Waals surface area contributed by atoms with E-state index in [9.17, 15) is 22.7 Å². The smallest absolute Gasteiger partial charge is 0.337 e. The molecule has 2 aromatic rings. The molecule has 10 nitrogen and oxygen atoms in total. The van der Waals surface area contributed by atoms with E-state index in [1.807, 2.05) is 4.90 Å². The van der Waals surface area contributed by atoms with Gasteiger partial charge in [-0.15, -0.1) is 0 Å². The van der Waals surface area contributed by atoms with Crippen molar-refractivity contribution in [1.82, 2.24) is 19.6 Å². The van der Waals surface area contributed by atoms with Gasteiger partial charge in [0, 0.05) is 44.8 Å². The number of hydrogen-bond donors (Lipinski definition) is 2. The fourth-order valence-electron chi connectivity index (χ4n) is 6.23. The van der Waals surface area contributed by atoms with Crippen LogP contribution in [0.1, 0.15) is 48.9 Å². The summed E-state index contributed by atoms with van der Waals surface area (Å²) in [6.07, 6.45) is 10.3. The standard InChI is InChI=1S/C26H35FN6O4S/c1-38(36,37)30-20-5-2-18(3-6-20)16-31-10-8-21(9-11-31)32-12-13-33(24-15-28-17-29-25(24)32)23-7-4-19(27)14-22(23)26(34)35/h4,7,14-15,17-18,20-21,30H,2-3,5-6,8-13,16H2,1H3,(H,34,35). The average molecular weight is 547 g/mol. The van der Waals surface area contributed by atoms with E-state index >= 15 is 0 Å². The van der Waals surface area contributed by atoms with Crippen LogP contribution in [0.2, 0.25) is 0 Å². The number of sulfonamides is 1. The zero-order valence-electron chi connectivity index (χ0n) is 21.6. The number of carboxylic acid groups (broad SMARTS) is 1. The number of carbonyl (C=O) groups is 1. The number of anilines is 3. The second-order valence-corrected chi connectivity index (χ2v) is 12.5. The summed E-state index contributed by atoms with van der Waals surface area (Å²) in [5, 5.41) is 9.66. The van der Waals surface area contributed by atoms with Crippen LogP contribution in [-0.2, 0) is 10.0 Å². The lowest BCUT2D eigenvalue weighted by molar-refractivity contribution is 0.0697. The molecule has 2 fully saturated rings. The van der Waals surface area contributed by atoms with Crippen LogP contribution < -0.4 is 14.5 Å². The molecule has 38 heavy (non-hydrogen) atoms. The van der Waals surface area contributed by atoms with Crippen molar-refractivity contribution in [3.8, 4) is 0 Å². The molecule has 2 aliphatic heterocycles. The summed E-state index contributed by atoms with van der Waals surface area (Å²) in [6, 6.07) is 4.23. The van der Waals surface area contributed by atoms with Gasteiger partial charge in [0.15, 0.2) is 5.82 Å². The first kappa shape index (κ1) is 26.8. The Bertz CT molecular complexity index is 1260. The maximum absolute atomic E-state index is 13.8. The van der Waals surface area contributed by atoms with Crippen molar-refractivity contribution >= 4 is 33.2 Å². The predicted molar refractivity (Wildman–Crippen MR) is 143 cm³/mol. The maximum Gasteiger partial charge on any atom is 0.337 e. The van der Waals surface area contributed by atoms with Gasteiger partial charge >= 0.3 is 5.97 Å². The quantitative estimate of drug-likeness (QED) is 0.540. The summed E-state index contributed by atoms with van der Waals surface area (Å²) in [5.41, 5.74) is 1.09. The number of hydrogen-bond acceptors (Lipinski definition) is 8. The Morgan fingerprint density at radius 2 is 1.82 bits per heavy atom. The summed E-state index contributed by atoms with van der Waals surface area (Å²) in [6.45, 7) is 4.27. The molecule has 1 saturated carbocycles. The van der Waals surface area contributed by atoms with E-state index in [1.54, 1.807) is 6.20 Å². The predicted octanol–water partition coefficient (Wildman–Crippen LogP) is 2.84. The molecule has 2 N–H and O–H groups in total. The molecule has 5 rings (SSSR count). The van der Waals surface area contributed by atoms with E-state index in [1.165, 1.54) is 24.7 Å². The van der Waals surface area contributed by atoms with Crippen molar-refractivity contribution in [2.45, 2.75) is 50.6 Å². The molecule has 0 unspecified atom stereocenters. The molecular weight excluding hydrogens is 511 g/mol. The van der Waals surface area contributed by atoms with E-state index in [4.69, 9.17) is 0 Å². The molecule has 1 saturated heterocycles. The van der Waals surface area contributed by atoms with Crippen molar-refractivity contribution in [3.63, 3.8) is 0 Å². The Morgan fingerprint density at radius 3 is 2.50 bits per heavy atom. The lowest BCUT2D eigenvalue weighted by atomic mass is 9.85. The minimum absolute atomic E-state index is 0.0641. The molecule has 206 valence electrons. The number of rotatable bonds is 7. The number of aromatic carboxylic acids is 1. The Balaban J connectivity index is 1.21. The molecule has 0 amide bonds. The maximum atomic E-state index is 13.8. The van der Waals surface area contributed by atoms with Crippen LogP contribution in [0.4, 0.5) is 21.6 Å². The molecule has 0 radical (unpaired) electrons. The Kier molecular flexibility index (Phi) is 7.83. The molecule has 0 bridgehead atoms. The van der Waals surface area contributed by atoms with Crippen LogP contribution in [-0.4, -0.2) is 85.4 Å². The molecule has 1 aromatic heterocycles. The third-order valence-electron chi connectivity index (χ3n) is 8.02. The minimum Gasteiger partial charge on any atom is -0.478 e. The average Bonchev–Trinajstić information content (AvgIpc) is 2.89. The molecule has 12 heteroatoms. The first-order chi connectivity index (χ1) is 18.2. The highest BCUT2D eigenvalue weighted by molar-refractivity contribution is 7.88. The highest BCUT2D eigenvalue weighted by atomic mass is 32.2. The largest absolute Gasteiger partial charge is 0.478 e. The normalized spacial score (nSPS) is 23.3. The van der Waals surface area contributed by atoms with Gasteiger partial charge in [-0.3, -0.25) is 0 Å². The fourth-order valence-corrected chi connectivity index (χ4v) is 7.07.